The van der Waals surface area contributed by atoms with Crippen LogP contribution in [0.3, 0.4) is 0 Å². The molecule has 1 heterocycles. The van der Waals surface area contributed by atoms with Gasteiger partial charge in [0.1, 0.15) is 17.5 Å². The number of aromatic nitrogens is 1. The van der Waals surface area contributed by atoms with Crippen LogP contribution < -0.4 is 0 Å². The summed E-state index contributed by atoms with van der Waals surface area (Å²) < 4.78 is 4.41. The van der Waals surface area contributed by atoms with E-state index >= 15 is 0 Å². The molecule has 0 aliphatic rings. The third-order valence-corrected chi connectivity index (χ3v) is 1.58. The Balaban J connectivity index is 3.07. The molecule has 0 saturated carbocycles. The number of hydrogen-bond donors (Lipinski definition) is 1. The van der Waals surface area contributed by atoms with Gasteiger partial charge in [-0.3, -0.25) is 0 Å². The topological polar surface area (TPSA) is 65.9 Å². The van der Waals surface area contributed by atoms with Crippen molar-refractivity contribution < 1.29 is 9.53 Å². The lowest BCUT2D eigenvalue weighted by Crippen LogP contribution is -2.00. The molecule has 1 aromatic rings. The summed E-state index contributed by atoms with van der Waals surface area (Å²) in [6.45, 7) is 0. The quantitative estimate of drug-likeness (QED) is 0.670. The number of ether oxygens (including phenoxy) is 1. The van der Waals surface area contributed by atoms with E-state index in [2.05, 4.69) is 9.72 Å². The average Bonchev–Trinajstić information content (AvgIpc) is 2.45. The minimum Gasteiger partial charge on any atom is -0.464 e. The van der Waals surface area contributed by atoms with E-state index in [1.54, 1.807) is 6.07 Å². The van der Waals surface area contributed by atoms with Gasteiger partial charge in [-0.25, -0.2) is 4.79 Å². The van der Waals surface area contributed by atoms with Gasteiger partial charge in [-0.15, -0.1) is 0 Å². The van der Waals surface area contributed by atoms with E-state index in [9.17, 15) is 4.79 Å². The second kappa shape index (κ2) is 3.28. The molecule has 4 nitrogen and oxygen atoms in total. The summed E-state index contributed by atoms with van der Waals surface area (Å²) in [5, 5.41) is 8.69. The van der Waals surface area contributed by atoms with Crippen molar-refractivity contribution in [3.8, 4) is 6.07 Å². The van der Waals surface area contributed by atoms with Crippen molar-refractivity contribution in [1.29, 1.82) is 5.26 Å². The predicted molar refractivity (Wildman–Crippen MR) is 41.9 cm³/mol. The normalized spacial score (nSPS) is 9.08. The summed E-state index contributed by atoms with van der Waals surface area (Å²) in [6.07, 6.45) is 0. The molecule has 62 valence electrons. The van der Waals surface area contributed by atoms with Crippen molar-refractivity contribution in [3.05, 3.63) is 22.5 Å². The first kappa shape index (κ1) is 8.62. The lowest BCUT2D eigenvalue weighted by molar-refractivity contribution is 0.0595. The van der Waals surface area contributed by atoms with Gasteiger partial charge in [0.25, 0.3) is 0 Å². The van der Waals surface area contributed by atoms with Crippen LogP contribution in [0.5, 0.6) is 0 Å². The fourth-order valence-electron chi connectivity index (χ4n) is 0.731. The van der Waals surface area contributed by atoms with Crippen molar-refractivity contribution in [2.24, 2.45) is 0 Å². The number of carbonyl (C=O) groups excluding carboxylic acids is 1. The Morgan fingerprint density at radius 3 is 2.92 bits per heavy atom. The predicted octanol–water partition coefficient (Wildman–Crippen LogP) is 1.33. The van der Waals surface area contributed by atoms with Crippen LogP contribution in [-0.4, -0.2) is 18.1 Å². The second-order valence-corrected chi connectivity index (χ2v) is 2.42. The molecule has 0 fully saturated rings. The summed E-state index contributed by atoms with van der Waals surface area (Å²) in [5.74, 6) is -0.543. The third kappa shape index (κ3) is 1.41. The maximum absolute atomic E-state index is 10.9. The minimum atomic E-state index is -0.543. The highest BCUT2D eigenvalue weighted by Gasteiger charge is 2.11. The van der Waals surface area contributed by atoms with Crippen LogP contribution in [0.15, 0.2) is 6.07 Å². The van der Waals surface area contributed by atoms with Gasteiger partial charge in [0.15, 0.2) is 0 Å². The lowest BCUT2D eigenvalue weighted by atomic mass is 10.4. The maximum atomic E-state index is 10.9. The first-order valence-electron chi connectivity index (χ1n) is 3.06. The SMILES string of the molecule is COC(=O)c1cc(Cl)c(C#N)[nH]1. The Bertz CT molecular complexity index is 351. The molecule has 0 unspecified atom stereocenters. The van der Waals surface area contributed by atoms with Crippen LogP contribution >= 0.6 is 11.6 Å². The Labute approximate surface area is 73.7 Å². The van der Waals surface area contributed by atoms with Crippen LogP contribution in [0.4, 0.5) is 0 Å². The lowest BCUT2D eigenvalue weighted by Gasteiger charge is -1.91. The summed E-state index contributed by atoms with van der Waals surface area (Å²) in [6, 6.07) is 3.15. The van der Waals surface area contributed by atoms with Crippen molar-refractivity contribution in [1.82, 2.24) is 4.98 Å². The standard InChI is InChI=1S/C7H5ClN2O2/c1-12-7(11)5-2-4(8)6(3-9)10-5/h2,10H,1H3. The van der Waals surface area contributed by atoms with E-state index in [0.717, 1.165) is 0 Å². The summed E-state index contributed by atoms with van der Waals surface area (Å²) in [7, 11) is 1.25. The molecule has 0 aromatic carbocycles. The molecule has 0 aliphatic carbocycles. The number of hydrogen-bond acceptors (Lipinski definition) is 3. The first-order chi connectivity index (χ1) is 5.69. The Morgan fingerprint density at radius 1 is 1.83 bits per heavy atom. The van der Waals surface area contributed by atoms with Gasteiger partial charge < -0.3 is 9.72 Å². The smallest absolute Gasteiger partial charge is 0.354 e. The third-order valence-electron chi connectivity index (χ3n) is 1.29. The Hall–Kier alpha value is -1.47. The van der Waals surface area contributed by atoms with Gasteiger partial charge in [-0.1, -0.05) is 11.6 Å². The van der Waals surface area contributed by atoms with Gasteiger partial charge in [0.05, 0.1) is 12.1 Å². The highest BCUT2D eigenvalue weighted by molar-refractivity contribution is 6.32. The summed E-state index contributed by atoms with van der Waals surface area (Å²) in [4.78, 5) is 13.4. The largest absolute Gasteiger partial charge is 0.464 e. The summed E-state index contributed by atoms with van der Waals surface area (Å²) in [5.41, 5.74) is 0.344. The zero-order valence-corrected chi connectivity index (χ0v) is 6.97. The number of nitrogens with one attached hydrogen (secondary N) is 1. The molecule has 1 aromatic heterocycles. The van der Waals surface area contributed by atoms with Crippen molar-refractivity contribution in [2.45, 2.75) is 0 Å². The molecule has 0 saturated heterocycles. The van der Waals surface area contributed by atoms with E-state index in [1.165, 1.54) is 13.2 Å². The van der Waals surface area contributed by atoms with E-state index < -0.39 is 5.97 Å². The average molecular weight is 185 g/mol. The van der Waals surface area contributed by atoms with E-state index in [1.807, 2.05) is 0 Å². The van der Waals surface area contributed by atoms with Crippen LogP contribution in [0.25, 0.3) is 0 Å². The molecule has 12 heavy (non-hydrogen) atoms. The van der Waals surface area contributed by atoms with E-state index in [0.29, 0.717) is 0 Å². The molecule has 0 spiro atoms. The van der Waals surface area contributed by atoms with E-state index in [4.69, 9.17) is 16.9 Å². The zero-order chi connectivity index (χ0) is 9.14. The highest BCUT2D eigenvalue weighted by Crippen LogP contribution is 2.16. The van der Waals surface area contributed by atoms with Gasteiger partial charge in [-0.2, -0.15) is 5.26 Å². The van der Waals surface area contributed by atoms with Crippen molar-refractivity contribution >= 4 is 17.6 Å². The maximum Gasteiger partial charge on any atom is 0.354 e. The molecule has 0 amide bonds. The Morgan fingerprint density at radius 2 is 2.50 bits per heavy atom. The number of aromatic amines is 1. The molecule has 5 heteroatoms. The molecular weight excluding hydrogens is 180 g/mol. The fourth-order valence-corrected chi connectivity index (χ4v) is 0.929. The monoisotopic (exact) mass is 184 g/mol. The number of nitriles is 1. The van der Waals surface area contributed by atoms with E-state index in [-0.39, 0.29) is 16.4 Å². The van der Waals surface area contributed by atoms with Gasteiger partial charge in [0, 0.05) is 0 Å². The molecule has 1 rings (SSSR count). The van der Waals surface area contributed by atoms with Gasteiger partial charge >= 0.3 is 5.97 Å². The van der Waals surface area contributed by atoms with Gasteiger partial charge in [0.2, 0.25) is 0 Å². The van der Waals surface area contributed by atoms with Crippen LogP contribution in [0, 0.1) is 11.3 Å². The molecule has 0 atom stereocenters. The number of carbonyl (C=O) groups is 1. The Kier molecular flexibility index (Phi) is 2.36. The van der Waals surface area contributed by atoms with Crippen molar-refractivity contribution in [2.75, 3.05) is 7.11 Å². The molecule has 0 radical (unpaired) electrons. The van der Waals surface area contributed by atoms with Crippen LogP contribution in [0.1, 0.15) is 16.2 Å². The number of halogens is 1. The number of rotatable bonds is 1. The van der Waals surface area contributed by atoms with Crippen LogP contribution in [-0.2, 0) is 4.74 Å². The number of H-pyrrole nitrogens is 1. The number of esters is 1. The second-order valence-electron chi connectivity index (χ2n) is 2.01. The number of nitrogens with zero attached hydrogens (tertiary/aromatic N) is 1. The van der Waals surface area contributed by atoms with Crippen LogP contribution in [0.2, 0.25) is 5.02 Å². The highest BCUT2D eigenvalue weighted by atomic mass is 35.5. The molecular formula is C7H5ClN2O2. The summed E-state index contributed by atoms with van der Waals surface area (Å²) >= 11 is 5.58. The molecule has 0 bridgehead atoms. The number of methoxy groups -OCH3 is 1. The first-order valence-corrected chi connectivity index (χ1v) is 3.43. The van der Waals surface area contributed by atoms with Crippen molar-refractivity contribution in [3.63, 3.8) is 0 Å². The molecule has 0 aliphatic heterocycles. The zero-order valence-electron chi connectivity index (χ0n) is 6.22. The minimum absolute atomic E-state index is 0.164. The fraction of sp³-hybridized carbons (Fsp3) is 0.143. The molecule has 1 N–H and O–H groups in total. The van der Waals surface area contributed by atoms with Gasteiger partial charge in [-0.05, 0) is 6.07 Å².